The zero-order valence-corrected chi connectivity index (χ0v) is 8.74. The van der Waals surface area contributed by atoms with Crippen molar-refractivity contribution < 1.29 is 9.92 Å². The molecule has 1 heterocycles. The van der Waals surface area contributed by atoms with Crippen LogP contribution >= 0.6 is 0 Å². The third kappa shape index (κ3) is 4.57. The average molecular weight is 235 g/mol. The Bertz CT molecular complexity index is 440. The normalized spacial score (nSPS) is 10.4. The van der Waals surface area contributed by atoms with Gasteiger partial charge in [0.1, 0.15) is 12.4 Å². The van der Waals surface area contributed by atoms with Crippen molar-refractivity contribution in [3.63, 3.8) is 0 Å². The van der Waals surface area contributed by atoms with E-state index in [1.807, 2.05) is 0 Å². The Kier molecular flexibility index (Phi) is 4.90. The van der Waals surface area contributed by atoms with Crippen LogP contribution in [-0.2, 0) is 4.84 Å². The molecule has 0 radical (unpaired) electrons. The van der Waals surface area contributed by atoms with Gasteiger partial charge in [-0.05, 0) is 12.1 Å². The Hall–Kier alpha value is -2.69. The van der Waals surface area contributed by atoms with Crippen molar-refractivity contribution >= 4 is 5.84 Å². The highest BCUT2D eigenvalue weighted by atomic mass is 16.9. The van der Waals surface area contributed by atoms with Gasteiger partial charge >= 0.3 is 0 Å². The molecule has 8 nitrogen and oxygen atoms in total. The molecule has 1 rings (SSSR count). The Labute approximate surface area is 96.7 Å². The van der Waals surface area contributed by atoms with Gasteiger partial charge in [-0.3, -0.25) is 15.3 Å². The van der Waals surface area contributed by atoms with Crippen molar-refractivity contribution in [2.75, 3.05) is 13.2 Å². The molecule has 88 valence electrons. The summed E-state index contributed by atoms with van der Waals surface area (Å²) in [6.07, 6.45) is 4.85. The van der Waals surface area contributed by atoms with E-state index in [-0.39, 0.29) is 13.2 Å². The fourth-order valence-electron chi connectivity index (χ4n) is 1.04. The van der Waals surface area contributed by atoms with Crippen LogP contribution in [0, 0.1) is 21.6 Å². The molecule has 0 saturated heterocycles. The fraction of sp³-hybridized carbons (Fsp3) is 0.222. The van der Waals surface area contributed by atoms with Gasteiger partial charge in [0.05, 0.1) is 6.54 Å². The zero-order chi connectivity index (χ0) is 12.5. The Morgan fingerprint density at radius 1 is 1.65 bits per heavy atom. The summed E-state index contributed by atoms with van der Waals surface area (Å²) in [5.74, 6) is 0.321. The summed E-state index contributed by atoms with van der Waals surface area (Å²) in [6.45, 7) is -0.0813. The molecule has 0 aliphatic heterocycles. The third-order valence-corrected chi connectivity index (χ3v) is 1.69. The number of rotatable bonds is 5. The number of aromatic nitrogens is 1. The summed E-state index contributed by atoms with van der Waals surface area (Å²) in [5.41, 5.74) is 0.669. The summed E-state index contributed by atoms with van der Waals surface area (Å²) in [6, 6.07) is 3.33. The van der Waals surface area contributed by atoms with Crippen LogP contribution in [0.25, 0.3) is 0 Å². The molecule has 0 atom stereocenters. The SMILES string of the molecule is N#CN/C(=N\CCO[N+](=O)[O-])c1ccncc1. The molecule has 0 fully saturated rings. The molecule has 1 aromatic heterocycles. The van der Waals surface area contributed by atoms with E-state index in [1.54, 1.807) is 30.7 Å². The van der Waals surface area contributed by atoms with Gasteiger partial charge in [-0.25, -0.2) is 0 Å². The van der Waals surface area contributed by atoms with Gasteiger partial charge in [-0.1, -0.05) is 0 Å². The predicted octanol–water partition coefficient (Wildman–Crippen LogP) is 0.107. The standard InChI is InChI=1S/C9H9N5O3/c10-7-13-9(8-1-3-11-4-2-8)12-5-6-17-14(15)16/h1-4H,5-6H2,(H,12,13). The third-order valence-electron chi connectivity index (χ3n) is 1.69. The van der Waals surface area contributed by atoms with E-state index >= 15 is 0 Å². The van der Waals surface area contributed by atoms with Crippen molar-refractivity contribution in [3.8, 4) is 6.19 Å². The summed E-state index contributed by atoms with van der Waals surface area (Å²) < 4.78 is 0. The van der Waals surface area contributed by atoms with Crippen molar-refractivity contribution in [1.29, 1.82) is 5.26 Å². The molecule has 0 amide bonds. The highest BCUT2D eigenvalue weighted by Gasteiger charge is 2.01. The summed E-state index contributed by atoms with van der Waals surface area (Å²) in [5, 5.41) is 19.9. The van der Waals surface area contributed by atoms with E-state index < -0.39 is 5.09 Å². The molecule has 0 unspecified atom stereocenters. The van der Waals surface area contributed by atoms with Gasteiger partial charge in [0.15, 0.2) is 6.19 Å². The zero-order valence-electron chi connectivity index (χ0n) is 8.74. The monoisotopic (exact) mass is 235 g/mol. The van der Waals surface area contributed by atoms with E-state index in [9.17, 15) is 10.1 Å². The topological polar surface area (TPSA) is 113 Å². The number of hydrogen-bond acceptors (Lipinski definition) is 6. The van der Waals surface area contributed by atoms with Crippen molar-refractivity contribution in [2.45, 2.75) is 0 Å². The minimum Gasteiger partial charge on any atom is -0.312 e. The number of aliphatic imine (C=N–C) groups is 1. The van der Waals surface area contributed by atoms with E-state index in [0.29, 0.717) is 11.4 Å². The maximum absolute atomic E-state index is 9.90. The van der Waals surface area contributed by atoms with E-state index in [1.165, 1.54) is 0 Å². The Morgan fingerprint density at radius 3 is 2.94 bits per heavy atom. The smallest absolute Gasteiger partial charge is 0.294 e. The van der Waals surface area contributed by atoms with Gasteiger partial charge in [0.25, 0.3) is 5.09 Å². The first kappa shape index (κ1) is 12.4. The molecule has 0 spiro atoms. The number of nitrogens with one attached hydrogen (secondary N) is 1. The summed E-state index contributed by atoms with van der Waals surface area (Å²) in [7, 11) is 0. The molecule has 0 bridgehead atoms. The van der Waals surface area contributed by atoms with Crippen LogP contribution in [0.4, 0.5) is 0 Å². The van der Waals surface area contributed by atoms with Crippen molar-refractivity contribution in [2.24, 2.45) is 4.99 Å². The van der Waals surface area contributed by atoms with Crippen LogP contribution in [0.15, 0.2) is 29.5 Å². The first-order valence-electron chi connectivity index (χ1n) is 4.61. The molecule has 8 heteroatoms. The molecule has 17 heavy (non-hydrogen) atoms. The lowest BCUT2D eigenvalue weighted by Crippen LogP contribution is -2.20. The largest absolute Gasteiger partial charge is 0.312 e. The highest BCUT2D eigenvalue weighted by molar-refractivity contribution is 5.99. The number of hydrogen-bond donors (Lipinski definition) is 1. The van der Waals surface area contributed by atoms with E-state index in [0.717, 1.165) is 0 Å². The van der Waals surface area contributed by atoms with Crippen molar-refractivity contribution in [1.82, 2.24) is 10.3 Å². The second-order valence-corrected chi connectivity index (χ2v) is 2.76. The Balaban J connectivity index is 2.63. The number of nitrogens with zero attached hydrogens (tertiary/aromatic N) is 4. The average Bonchev–Trinajstić information content (AvgIpc) is 2.34. The van der Waals surface area contributed by atoms with Crippen LogP contribution in [0.2, 0.25) is 0 Å². The second kappa shape index (κ2) is 6.73. The quantitative estimate of drug-likeness (QED) is 0.147. The van der Waals surface area contributed by atoms with Crippen LogP contribution in [0.1, 0.15) is 5.56 Å². The van der Waals surface area contributed by atoms with Crippen molar-refractivity contribution in [3.05, 3.63) is 40.2 Å². The maximum Gasteiger partial charge on any atom is 0.294 e. The van der Waals surface area contributed by atoms with Crippen LogP contribution in [-0.4, -0.2) is 29.1 Å². The molecule has 1 aromatic rings. The first-order chi connectivity index (χ1) is 8.24. The lowest BCUT2D eigenvalue weighted by Gasteiger charge is -2.03. The predicted molar refractivity (Wildman–Crippen MR) is 57.3 cm³/mol. The molecule has 0 aromatic carbocycles. The summed E-state index contributed by atoms with van der Waals surface area (Å²) >= 11 is 0. The fourth-order valence-corrected chi connectivity index (χ4v) is 1.04. The molecule has 0 aliphatic rings. The second-order valence-electron chi connectivity index (χ2n) is 2.76. The van der Waals surface area contributed by atoms with Crippen LogP contribution in [0.5, 0.6) is 0 Å². The highest BCUT2D eigenvalue weighted by Crippen LogP contribution is 1.97. The van der Waals surface area contributed by atoms with Gasteiger partial charge in [-0.15, -0.1) is 10.1 Å². The van der Waals surface area contributed by atoms with Crippen LogP contribution < -0.4 is 5.32 Å². The van der Waals surface area contributed by atoms with Gasteiger partial charge < -0.3 is 4.84 Å². The molecule has 0 aliphatic carbocycles. The minimum atomic E-state index is -0.890. The van der Waals surface area contributed by atoms with E-state index in [4.69, 9.17) is 5.26 Å². The number of amidine groups is 1. The van der Waals surface area contributed by atoms with Gasteiger partial charge in [-0.2, -0.15) is 5.26 Å². The van der Waals surface area contributed by atoms with Crippen LogP contribution in [0.3, 0.4) is 0 Å². The van der Waals surface area contributed by atoms with Gasteiger partial charge in [0, 0.05) is 18.0 Å². The number of pyridine rings is 1. The lowest BCUT2D eigenvalue weighted by molar-refractivity contribution is -0.757. The minimum absolute atomic E-state index is 0.0767. The van der Waals surface area contributed by atoms with E-state index in [2.05, 4.69) is 20.1 Å². The first-order valence-corrected chi connectivity index (χ1v) is 4.61. The summed E-state index contributed by atoms with van der Waals surface area (Å²) in [4.78, 5) is 21.8. The maximum atomic E-state index is 9.90. The molecular weight excluding hydrogens is 226 g/mol. The lowest BCUT2D eigenvalue weighted by atomic mass is 10.2. The molecular formula is C9H9N5O3. The number of nitriles is 1. The van der Waals surface area contributed by atoms with Gasteiger partial charge in [0.2, 0.25) is 0 Å². The molecule has 1 N–H and O–H groups in total. The molecule has 0 saturated carbocycles. The Morgan fingerprint density at radius 2 is 2.35 bits per heavy atom.